The van der Waals surface area contributed by atoms with Gasteiger partial charge in [0.05, 0.1) is 5.75 Å². The Morgan fingerprint density at radius 1 is 0.929 bits per heavy atom. The number of rotatable bonds is 4. The van der Waals surface area contributed by atoms with E-state index in [9.17, 15) is 4.79 Å². The van der Waals surface area contributed by atoms with Crippen molar-refractivity contribution in [1.82, 2.24) is 4.57 Å². The van der Waals surface area contributed by atoms with Crippen LogP contribution in [-0.4, -0.2) is 16.2 Å². The third-order valence-electron chi connectivity index (χ3n) is 4.59. The van der Waals surface area contributed by atoms with Gasteiger partial charge in [-0.25, -0.2) is 0 Å². The normalized spacial score (nSPS) is 10.6. The number of para-hydroxylation sites is 1. The van der Waals surface area contributed by atoms with Gasteiger partial charge in [-0.15, -0.1) is 11.8 Å². The summed E-state index contributed by atoms with van der Waals surface area (Å²) in [7, 11) is 2.09. The number of carbonyl (C=O) groups excluding carboxylic acids is 1. The van der Waals surface area contributed by atoms with Crippen LogP contribution in [0.4, 0.5) is 5.69 Å². The highest BCUT2D eigenvalue weighted by Crippen LogP contribution is 2.31. The van der Waals surface area contributed by atoms with Crippen molar-refractivity contribution in [3.63, 3.8) is 0 Å². The van der Waals surface area contributed by atoms with Crippen LogP contribution in [0.25, 0.3) is 21.8 Å². The third-order valence-corrected chi connectivity index (χ3v) is 5.59. The van der Waals surface area contributed by atoms with Crippen LogP contribution in [0.3, 0.4) is 0 Å². The van der Waals surface area contributed by atoms with E-state index in [4.69, 9.17) is 0 Å². The van der Waals surface area contributed by atoms with E-state index in [1.807, 2.05) is 45.0 Å². The van der Waals surface area contributed by atoms with Gasteiger partial charge in [-0.05, 0) is 37.3 Å². The van der Waals surface area contributed by atoms with E-state index in [2.05, 4.69) is 59.4 Å². The average molecular weight is 391 g/mol. The molecular weight excluding hydrogens is 364 g/mol. The number of carbonyl (C=O) groups is 1. The van der Waals surface area contributed by atoms with Crippen molar-refractivity contribution in [2.45, 2.75) is 25.7 Å². The third kappa shape index (κ3) is 4.23. The highest BCUT2D eigenvalue weighted by molar-refractivity contribution is 8.00. The number of fused-ring (bicyclic) bond motifs is 3. The van der Waals surface area contributed by atoms with Crippen molar-refractivity contribution >= 4 is 45.2 Å². The molecule has 0 fully saturated rings. The molecule has 0 aliphatic carbocycles. The first-order chi connectivity index (χ1) is 13.6. The summed E-state index contributed by atoms with van der Waals surface area (Å²) in [6.07, 6.45) is 0. The molecule has 1 N–H and O–H groups in total. The lowest BCUT2D eigenvalue weighted by Crippen LogP contribution is -2.13. The van der Waals surface area contributed by atoms with E-state index < -0.39 is 0 Å². The highest BCUT2D eigenvalue weighted by atomic mass is 32.2. The molecule has 0 spiro atoms. The largest absolute Gasteiger partial charge is 0.344 e. The van der Waals surface area contributed by atoms with Crippen molar-refractivity contribution in [3.05, 3.63) is 72.3 Å². The highest BCUT2D eigenvalue weighted by Gasteiger charge is 2.09. The molecule has 3 nitrogen and oxygen atoms in total. The molecule has 28 heavy (non-hydrogen) atoms. The van der Waals surface area contributed by atoms with Gasteiger partial charge < -0.3 is 9.88 Å². The van der Waals surface area contributed by atoms with Gasteiger partial charge in [0.1, 0.15) is 0 Å². The Kier molecular flexibility index (Phi) is 6.42. The van der Waals surface area contributed by atoms with Crippen LogP contribution in [0.2, 0.25) is 0 Å². The minimum absolute atomic E-state index is 0.0102. The molecule has 4 heteroatoms. The molecule has 0 atom stereocenters. The lowest BCUT2D eigenvalue weighted by Gasteiger charge is -2.06. The Balaban J connectivity index is 0.00000109. The molecule has 1 amide bonds. The molecule has 0 saturated carbocycles. The van der Waals surface area contributed by atoms with E-state index >= 15 is 0 Å². The van der Waals surface area contributed by atoms with E-state index in [0.717, 1.165) is 10.6 Å². The number of thioether (sulfide) groups is 1. The summed E-state index contributed by atoms with van der Waals surface area (Å²) in [5.41, 5.74) is 4.43. The molecule has 3 aromatic carbocycles. The maximum absolute atomic E-state index is 12.2. The lowest BCUT2D eigenvalue weighted by molar-refractivity contribution is -0.113. The zero-order chi connectivity index (χ0) is 20.1. The number of benzene rings is 3. The number of anilines is 1. The van der Waals surface area contributed by atoms with E-state index in [1.54, 1.807) is 11.8 Å². The minimum Gasteiger partial charge on any atom is -0.344 e. The van der Waals surface area contributed by atoms with Gasteiger partial charge in [-0.1, -0.05) is 55.8 Å². The smallest absolute Gasteiger partial charge is 0.234 e. The van der Waals surface area contributed by atoms with Crippen LogP contribution in [0.15, 0.2) is 71.6 Å². The molecule has 1 heterocycles. The summed E-state index contributed by atoms with van der Waals surface area (Å²) in [5.74, 6) is 0.402. The van der Waals surface area contributed by atoms with Gasteiger partial charge >= 0.3 is 0 Å². The van der Waals surface area contributed by atoms with Gasteiger partial charge in [0.15, 0.2) is 0 Å². The van der Waals surface area contributed by atoms with E-state index in [1.165, 1.54) is 27.4 Å². The average Bonchev–Trinajstić information content (AvgIpc) is 3.02. The zero-order valence-corrected chi connectivity index (χ0v) is 17.6. The Labute approximate surface area is 170 Å². The first kappa shape index (κ1) is 20.0. The maximum Gasteiger partial charge on any atom is 0.234 e. The van der Waals surface area contributed by atoms with Gasteiger partial charge in [0, 0.05) is 39.4 Å². The standard InChI is InChI=1S/C22H20N2OS.C2H6/c1-15-7-9-16(10-8-15)23-22(25)14-26-17-11-12-19-18-5-3-4-6-20(18)24(2)21(19)13-17;1-2/h3-13H,14H2,1-2H3,(H,23,25);1-2H3. The molecular formula is C24H26N2OS. The second-order valence-electron chi connectivity index (χ2n) is 6.46. The quantitative estimate of drug-likeness (QED) is 0.409. The maximum atomic E-state index is 12.2. The van der Waals surface area contributed by atoms with Crippen LogP contribution in [0, 0.1) is 6.92 Å². The molecule has 0 unspecified atom stereocenters. The molecule has 1 aromatic heterocycles. The second-order valence-corrected chi connectivity index (χ2v) is 7.51. The molecule has 4 aromatic rings. The van der Waals surface area contributed by atoms with Gasteiger partial charge in [-0.2, -0.15) is 0 Å². The Morgan fingerprint density at radius 2 is 1.61 bits per heavy atom. The minimum atomic E-state index is 0.0102. The van der Waals surface area contributed by atoms with Gasteiger partial charge in [0.25, 0.3) is 0 Å². The molecule has 0 radical (unpaired) electrons. The van der Waals surface area contributed by atoms with Crippen LogP contribution in [0.1, 0.15) is 19.4 Å². The first-order valence-corrected chi connectivity index (χ1v) is 10.6. The predicted octanol–water partition coefficient (Wildman–Crippen LogP) is 6.40. The fraction of sp³-hybridized carbons (Fsp3) is 0.208. The fourth-order valence-corrected chi connectivity index (χ4v) is 3.94. The Bertz CT molecular complexity index is 1100. The molecule has 4 rings (SSSR count). The summed E-state index contributed by atoms with van der Waals surface area (Å²) in [6.45, 7) is 6.03. The van der Waals surface area contributed by atoms with E-state index in [0.29, 0.717) is 5.75 Å². The van der Waals surface area contributed by atoms with Crippen molar-refractivity contribution < 1.29 is 4.79 Å². The summed E-state index contributed by atoms with van der Waals surface area (Å²) in [6, 6.07) is 22.7. The molecule has 144 valence electrons. The number of aryl methyl sites for hydroxylation is 2. The SMILES string of the molecule is CC.Cc1ccc(NC(=O)CSc2ccc3c4ccccc4n(C)c3c2)cc1. The summed E-state index contributed by atoms with van der Waals surface area (Å²) in [4.78, 5) is 13.3. The molecule has 0 saturated heterocycles. The fourth-order valence-electron chi connectivity index (χ4n) is 3.21. The Hall–Kier alpha value is -2.72. The molecule has 0 bridgehead atoms. The molecule has 0 aliphatic rings. The Morgan fingerprint density at radius 3 is 2.36 bits per heavy atom. The second kappa shape index (κ2) is 8.98. The summed E-state index contributed by atoms with van der Waals surface area (Å²) in [5, 5.41) is 5.45. The number of hydrogen-bond acceptors (Lipinski definition) is 2. The lowest BCUT2D eigenvalue weighted by atomic mass is 10.2. The number of nitrogens with zero attached hydrogens (tertiary/aromatic N) is 1. The van der Waals surface area contributed by atoms with Crippen LogP contribution < -0.4 is 5.32 Å². The van der Waals surface area contributed by atoms with Crippen molar-refractivity contribution in [2.75, 3.05) is 11.1 Å². The van der Waals surface area contributed by atoms with Crippen molar-refractivity contribution in [2.24, 2.45) is 7.05 Å². The topological polar surface area (TPSA) is 34.0 Å². The molecule has 0 aliphatic heterocycles. The summed E-state index contributed by atoms with van der Waals surface area (Å²) < 4.78 is 2.21. The summed E-state index contributed by atoms with van der Waals surface area (Å²) >= 11 is 1.56. The monoisotopic (exact) mass is 390 g/mol. The zero-order valence-electron chi connectivity index (χ0n) is 16.8. The van der Waals surface area contributed by atoms with Crippen LogP contribution >= 0.6 is 11.8 Å². The van der Waals surface area contributed by atoms with Crippen molar-refractivity contribution in [1.29, 1.82) is 0 Å². The van der Waals surface area contributed by atoms with E-state index in [-0.39, 0.29) is 5.91 Å². The number of hydrogen-bond donors (Lipinski definition) is 1. The number of aromatic nitrogens is 1. The number of nitrogens with one attached hydrogen (secondary N) is 1. The van der Waals surface area contributed by atoms with Crippen LogP contribution in [0.5, 0.6) is 0 Å². The number of amides is 1. The van der Waals surface area contributed by atoms with Gasteiger partial charge in [-0.3, -0.25) is 4.79 Å². The van der Waals surface area contributed by atoms with Crippen molar-refractivity contribution in [3.8, 4) is 0 Å². The van der Waals surface area contributed by atoms with Gasteiger partial charge in [0.2, 0.25) is 5.91 Å². The van der Waals surface area contributed by atoms with Crippen LogP contribution in [-0.2, 0) is 11.8 Å². The first-order valence-electron chi connectivity index (χ1n) is 9.58. The predicted molar refractivity (Wildman–Crippen MR) is 122 cm³/mol.